The van der Waals surface area contributed by atoms with Gasteiger partial charge in [-0.25, -0.2) is 0 Å². The largest absolute Gasteiger partial charge is 0.497 e. The molecule has 0 saturated carbocycles. The number of nitrogens with zero attached hydrogens (tertiary/aromatic N) is 1. The first-order valence-corrected chi connectivity index (χ1v) is 6.63. The fourth-order valence-electron chi connectivity index (χ4n) is 1.74. The van der Waals surface area contributed by atoms with Crippen molar-refractivity contribution in [2.24, 2.45) is 0 Å². The maximum Gasteiger partial charge on any atom is 0.271 e. The van der Waals surface area contributed by atoms with Gasteiger partial charge in [-0.05, 0) is 18.2 Å². The third-order valence-corrected chi connectivity index (χ3v) is 3.17. The molecule has 114 valence electrons. The standard InChI is InChI=1S/C15H12ClNO5/c1-21-12-4-2-3-10(7-12)14(18)9-22-15-6-5-11(17(19)20)8-13(15)16/h2-8H,9H2,1H3. The molecule has 6 nitrogen and oxygen atoms in total. The molecule has 0 saturated heterocycles. The molecule has 0 bridgehead atoms. The van der Waals surface area contributed by atoms with Gasteiger partial charge in [0, 0.05) is 17.7 Å². The van der Waals surface area contributed by atoms with Crippen molar-refractivity contribution in [3.63, 3.8) is 0 Å². The normalized spacial score (nSPS) is 10.1. The molecule has 7 heteroatoms. The number of hydrogen-bond donors (Lipinski definition) is 0. The summed E-state index contributed by atoms with van der Waals surface area (Å²) in [7, 11) is 1.51. The number of ketones is 1. The van der Waals surface area contributed by atoms with Crippen molar-refractivity contribution in [1.82, 2.24) is 0 Å². The Kier molecular flexibility index (Phi) is 4.95. The predicted octanol–water partition coefficient (Wildman–Crippen LogP) is 3.52. The minimum atomic E-state index is -0.558. The molecule has 0 atom stereocenters. The van der Waals surface area contributed by atoms with Gasteiger partial charge in [0.2, 0.25) is 0 Å². The number of carbonyl (C=O) groups excluding carboxylic acids is 1. The molecule has 0 N–H and O–H groups in total. The zero-order chi connectivity index (χ0) is 16.1. The molecule has 2 rings (SSSR count). The van der Waals surface area contributed by atoms with Crippen LogP contribution in [0.5, 0.6) is 11.5 Å². The van der Waals surface area contributed by atoms with Gasteiger partial charge in [-0.3, -0.25) is 14.9 Å². The van der Waals surface area contributed by atoms with Crippen LogP contribution in [0.1, 0.15) is 10.4 Å². The molecule has 0 amide bonds. The quantitative estimate of drug-likeness (QED) is 0.462. The van der Waals surface area contributed by atoms with E-state index in [1.165, 1.54) is 25.3 Å². The third-order valence-electron chi connectivity index (χ3n) is 2.88. The lowest BCUT2D eigenvalue weighted by Crippen LogP contribution is -2.11. The van der Waals surface area contributed by atoms with Crippen molar-refractivity contribution in [2.45, 2.75) is 0 Å². The summed E-state index contributed by atoms with van der Waals surface area (Å²) in [5.74, 6) is 0.524. The molecule has 0 unspecified atom stereocenters. The average Bonchev–Trinajstić information content (AvgIpc) is 2.53. The lowest BCUT2D eigenvalue weighted by atomic mass is 10.1. The Balaban J connectivity index is 2.06. The summed E-state index contributed by atoms with van der Waals surface area (Å²) in [5.41, 5.74) is 0.300. The SMILES string of the molecule is COc1cccc(C(=O)COc2ccc([N+](=O)[O-])cc2Cl)c1. The number of benzene rings is 2. The van der Waals surface area contributed by atoms with E-state index in [1.54, 1.807) is 24.3 Å². The maximum atomic E-state index is 12.0. The predicted molar refractivity (Wildman–Crippen MR) is 80.9 cm³/mol. The maximum absolute atomic E-state index is 12.0. The summed E-state index contributed by atoms with van der Waals surface area (Å²) in [4.78, 5) is 22.1. The number of carbonyl (C=O) groups is 1. The summed E-state index contributed by atoms with van der Waals surface area (Å²) < 4.78 is 10.4. The van der Waals surface area contributed by atoms with Crippen LogP contribution >= 0.6 is 11.6 Å². The molecule has 0 fully saturated rings. The van der Waals surface area contributed by atoms with Gasteiger partial charge in [0.05, 0.1) is 17.1 Å². The van der Waals surface area contributed by atoms with Crippen molar-refractivity contribution in [1.29, 1.82) is 0 Å². The van der Waals surface area contributed by atoms with Crippen LogP contribution in [0, 0.1) is 10.1 Å². The van der Waals surface area contributed by atoms with E-state index in [0.29, 0.717) is 11.3 Å². The second-order valence-corrected chi connectivity index (χ2v) is 4.72. The van der Waals surface area contributed by atoms with Crippen LogP contribution in [0.2, 0.25) is 5.02 Å². The van der Waals surface area contributed by atoms with Gasteiger partial charge in [0.25, 0.3) is 5.69 Å². The van der Waals surface area contributed by atoms with Crippen molar-refractivity contribution in [3.8, 4) is 11.5 Å². The smallest absolute Gasteiger partial charge is 0.271 e. The molecule has 2 aromatic rings. The number of ether oxygens (including phenoxy) is 2. The van der Waals surface area contributed by atoms with E-state index in [2.05, 4.69) is 0 Å². The molecule has 2 aromatic carbocycles. The second-order valence-electron chi connectivity index (χ2n) is 4.32. The minimum Gasteiger partial charge on any atom is -0.497 e. The topological polar surface area (TPSA) is 78.7 Å². The van der Waals surface area contributed by atoms with Gasteiger partial charge in [0.1, 0.15) is 11.5 Å². The molecule has 0 heterocycles. The van der Waals surface area contributed by atoms with Crippen LogP contribution in [-0.4, -0.2) is 24.4 Å². The molecule has 0 aliphatic heterocycles. The van der Waals surface area contributed by atoms with E-state index in [1.807, 2.05) is 0 Å². The van der Waals surface area contributed by atoms with Crippen molar-refractivity contribution in [3.05, 3.63) is 63.2 Å². The van der Waals surface area contributed by atoms with Crippen molar-refractivity contribution in [2.75, 3.05) is 13.7 Å². The molecule has 0 spiro atoms. The van der Waals surface area contributed by atoms with Crippen LogP contribution in [0.25, 0.3) is 0 Å². The van der Waals surface area contributed by atoms with E-state index in [4.69, 9.17) is 21.1 Å². The van der Waals surface area contributed by atoms with Gasteiger partial charge in [-0.1, -0.05) is 23.7 Å². The molecule has 0 aliphatic rings. The van der Waals surface area contributed by atoms with Crippen LogP contribution in [0.15, 0.2) is 42.5 Å². The number of nitro benzene ring substituents is 1. The Hall–Kier alpha value is -2.60. The minimum absolute atomic E-state index is 0.0765. The fraction of sp³-hybridized carbons (Fsp3) is 0.133. The van der Waals surface area contributed by atoms with Gasteiger partial charge in [-0.2, -0.15) is 0 Å². The summed E-state index contributed by atoms with van der Waals surface area (Å²) in [6.45, 7) is -0.231. The number of methoxy groups -OCH3 is 1. The highest BCUT2D eigenvalue weighted by Crippen LogP contribution is 2.28. The van der Waals surface area contributed by atoms with E-state index < -0.39 is 4.92 Å². The first-order chi connectivity index (χ1) is 10.5. The van der Waals surface area contributed by atoms with Gasteiger partial charge < -0.3 is 9.47 Å². The summed E-state index contributed by atoms with van der Waals surface area (Å²) in [5, 5.41) is 10.7. The number of rotatable bonds is 6. The van der Waals surface area contributed by atoms with Crippen LogP contribution < -0.4 is 9.47 Å². The molecule has 0 aliphatic carbocycles. The Morgan fingerprint density at radius 1 is 1.27 bits per heavy atom. The van der Waals surface area contributed by atoms with Gasteiger partial charge >= 0.3 is 0 Å². The van der Waals surface area contributed by atoms with Crippen molar-refractivity contribution < 1.29 is 19.2 Å². The lowest BCUT2D eigenvalue weighted by molar-refractivity contribution is -0.384. The van der Waals surface area contributed by atoms with E-state index in [0.717, 1.165) is 0 Å². The number of hydrogen-bond acceptors (Lipinski definition) is 5. The number of nitro groups is 1. The first kappa shape index (κ1) is 15.8. The highest BCUT2D eigenvalue weighted by molar-refractivity contribution is 6.32. The van der Waals surface area contributed by atoms with Crippen LogP contribution in [0.3, 0.4) is 0 Å². The lowest BCUT2D eigenvalue weighted by Gasteiger charge is -2.08. The second kappa shape index (κ2) is 6.91. The first-order valence-electron chi connectivity index (χ1n) is 6.25. The Labute approximate surface area is 131 Å². The average molecular weight is 322 g/mol. The summed E-state index contributed by atoms with van der Waals surface area (Å²) >= 11 is 5.89. The summed E-state index contributed by atoms with van der Waals surface area (Å²) in [6.07, 6.45) is 0. The van der Waals surface area contributed by atoms with E-state index in [-0.39, 0.29) is 28.8 Å². The third kappa shape index (κ3) is 3.73. The number of non-ortho nitro benzene ring substituents is 1. The highest BCUT2D eigenvalue weighted by Gasteiger charge is 2.13. The molecular formula is C15H12ClNO5. The highest BCUT2D eigenvalue weighted by atomic mass is 35.5. The Morgan fingerprint density at radius 3 is 2.68 bits per heavy atom. The van der Waals surface area contributed by atoms with Crippen LogP contribution in [-0.2, 0) is 0 Å². The zero-order valence-electron chi connectivity index (χ0n) is 11.6. The fourth-order valence-corrected chi connectivity index (χ4v) is 1.97. The van der Waals surface area contributed by atoms with Gasteiger partial charge in [-0.15, -0.1) is 0 Å². The summed E-state index contributed by atoms with van der Waals surface area (Å²) in [6, 6.07) is 10.5. The van der Waals surface area contributed by atoms with Gasteiger partial charge in [0.15, 0.2) is 12.4 Å². The molecular weight excluding hydrogens is 310 g/mol. The molecule has 0 aromatic heterocycles. The number of halogens is 1. The van der Waals surface area contributed by atoms with Crippen LogP contribution in [0.4, 0.5) is 5.69 Å². The molecule has 0 radical (unpaired) electrons. The Bertz CT molecular complexity index is 717. The monoisotopic (exact) mass is 321 g/mol. The Morgan fingerprint density at radius 2 is 2.05 bits per heavy atom. The van der Waals surface area contributed by atoms with E-state index >= 15 is 0 Å². The molecule has 22 heavy (non-hydrogen) atoms. The zero-order valence-corrected chi connectivity index (χ0v) is 12.4. The number of Topliss-reactive ketones (excluding diaryl/α,β-unsaturated/α-hetero) is 1. The van der Waals surface area contributed by atoms with E-state index in [9.17, 15) is 14.9 Å². The van der Waals surface area contributed by atoms with Crippen molar-refractivity contribution >= 4 is 23.1 Å².